The fraction of sp³-hybridized carbons (Fsp3) is 0.294. The van der Waals surface area contributed by atoms with Crippen molar-refractivity contribution in [2.24, 2.45) is 0 Å². The summed E-state index contributed by atoms with van der Waals surface area (Å²) in [5.74, 6) is -0.0597. The lowest BCUT2D eigenvalue weighted by atomic mass is 10.2. The molecule has 0 spiro atoms. The minimum Gasteiger partial charge on any atom is -0.495 e. The van der Waals surface area contributed by atoms with Crippen LogP contribution in [0.1, 0.15) is 10.4 Å². The van der Waals surface area contributed by atoms with Crippen molar-refractivity contribution in [1.82, 2.24) is 14.6 Å². The molecule has 0 unspecified atom stereocenters. The number of nitrogens with zero attached hydrogens (tertiary/aromatic N) is 4. The van der Waals surface area contributed by atoms with Gasteiger partial charge < -0.3 is 19.7 Å². The number of morpholine rings is 1. The van der Waals surface area contributed by atoms with Crippen molar-refractivity contribution in [2.45, 2.75) is 0 Å². The summed E-state index contributed by atoms with van der Waals surface area (Å²) in [7, 11) is 1.51. The molecule has 0 atom stereocenters. The molecule has 3 heterocycles. The van der Waals surface area contributed by atoms with E-state index in [-0.39, 0.29) is 5.56 Å². The normalized spacial score (nSPS) is 14.3. The van der Waals surface area contributed by atoms with Crippen molar-refractivity contribution in [3.8, 4) is 5.75 Å². The molecule has 1 saturated heterocycles. The summed E-state index contributed by atoms with van der Waals surface area (Å²) in [5, 5.41) is 7.72. The third kappa shape index (κ3) is 3.36. The highest BCUT2D eigenvalue weighted by molar-refractivity contribution is 7.20. The molecular formula is C17H17N5O4S. The number of carbonyl (C=O) groups is 1. The van der Waals surface area contributed by atoms with E-state index in [4.69, 9.17) is 9.47 Å². The van der Waals surface area contributed by atoms with E-state index in [0.29, 0.717) is 47.8 Å². The van der Waals surface area contributed by atoms with Gasteiger partial charge in [0.25, 0.3) is 11.5 Å². The number of aromatic nitrogens is 3. The first kappa shape index (κ1) is 17.4. The Morgan fingerprint density at radius 3 is 2.85 bits per heavy atom. The molecule has 0 saturated carbocycles. The minimum absolute atomic E-state index is 0.0859. The molecule has 1 N–H and O–H groups in total. The van der Waals surface area contributed by atoms with Gasteiger partial charge in [0.2, 0.25) is 10.1 Å². The third-order valence-electron chi connectivity index (χ3n) is 4.16. The van der Waals surface area contributed by atoms with Gasteiger partial charge in [-0.3, -0.25) is 9.59 Å². The van der Waals surface area contributed by atoms with Crippen molar-refractivity contribution in [2.75, 3.05) is 43.6 Å². The maximum Gasteiger partial charge on any atom is 0.288 e. The van der Waals surface area contributed by atoms with Gasteiger partial charge in [0, 0.05) is 19.3 Å². The smallest absolute Gasteiger partial charge is 0.288 e. The Kier molecular flexibility index (Phi) is 4.73. The summed E-state index contributed by atoms with van der Waals surface area (Å²) in [5.41, 5.74) is -0.123. The molecule has 1 aromatic carbocycles. The van der Waals surface area contributed by atoms with E-state index in [1.165, 1.54) is 29.2 Å². The number of hydrogen-bond acceptors (Lipinski definition) is 8. The fourth-order valence-corrected chi connectivity index (χ4v) is 3.66. The van der Waals surface area contributed by atoms with Gasteiger partial charge in [-0.25, -0.2) is 4.98 Å². The van der Waals surface area contributed by atoms with Crippen LogP contribution in [-0.4, -0.2) is 53.9 Å². The monoisotopic (exact) mass is 387 g/mol. The van der Waals surface area contributed by atoms with Gasteiger partial charge in [-0.1, -0.05) is 23.5 Å². The van der Waals surface area contributed by atoms with E-state index < -0.39 is 11.5 Å². The molecule has 27 heavy (non-hydrogen) atoms. The van der Waals surface area contributed by atoms with Crippen LogP contribution in [0.3, 0.4) is 0 Å². The topological polar surface area (TPSA) is 98.1 Å². The van der Waals surface area contributed by atoms with Gasteiger partial charge in [-0.05, 0) is 12.1 Å². The molecule has 3 aromatic rings. The average Bonchev–Trinajstić information content (AvgIpc) is 3.14. The van der Waals surface area contributed by atoms with Gasteiger partial charge in [0.1, 0.15) is 11.3 Å². The minimum atomic E-state index is -0.563. The van der Waals surface area contributed by atoms with Crippen molar-refractivity contribution in [3.63, 3.8) is 0 Å². The zero-order valence-electron chi connectivity index (χ0n) is 14.5. The molecule has 0 bridgehead atoms. The molecule has 1 fully saturated rings. The molecule has 2 aromatic heterocycles. The van der Waals surface area contributed by atoms with Crippen LogP contribution < -0.4 is 20.5 Å². The fourth-order valence-electron chi connectivity index (χ4n) is 2.75. The van der Waals surface area contributed by atoms with Crippen LogP contribution in [0.2, 0.25) is 0 Å². The molecule has 1 aliphatic rings. The third-order valence-corrected chi connectivity index (χ3v) is 5.14. The lowest BCUT2D eigenvalue weighted by molar-refractivity contribution is 0.102. The zero-order valence-corrected chi connectivity index (χ0v) is 15.4. The van der Waals surface area contributed by atoms with Gasteiger partial charge >= 0.3 is 0 Å². The largest absolute Gasteiger partial charge is 0.495 e. The number of methoxy groups -OCH3 is 1. The molecule has 140 valence electrons. The molecule has 4 rings (SSSR count). The van der Waals surface area contributed by atoms with Crippen LogP contribution in [0, 0.1) is 0 Å². The number of carbonyl (C=O) groups excluding carboxylic acids is 1. The number of benzene rings is 1. The van der Waals surface area contributed by atoms with Crippen LogP contribution in [0.25, 0.3) is 4.96 Å². The quantitative estimate of drug-likeness (QED) is 0.719. The Morgan fingerprint density at radius 1 is 1.30 bits per heavy atom. The maximum atomic E-state index is 12.7. The second-order valence-electron chi connectivity index (χ2n) is 5.81. The van der Waals surface area contributed by atoms with Crippen LogP contribution in [0.5, 0.6) is 5.75 Å². The molecule has 1 amide bonds. The Bertz CT molecular complexity index is 1040. The molecule has 1 aliphatic heterocycles. The second kappa shape index (κ2) is 7.33. The first-order chi connectivity index (χ1) is 13.2. The average molecular weight is 387 g/mol. The molecule has 10 heteroatoms. The number of hydrogen-bond donors (Lipinski definition) is 1. The number of para-hydroxylation sites is 2. The summed E-state index contributed by atoms with van der Waals surface area (Å²) in [4.78, 5) is 32.0. The number of fused-ring (bicyclic) bond motifs is 1. The van der Waals surface area contributed by atoms with Crippen molar-refractivity contribution in [1.29, 1.82) is 0 Å². The van der Waals surface area contributed by atoms with Crippen molar-refractivity contribution in [3.05, 3.63) is 46.4 Å². The predicted molar refractivity (Wildman–Crippen MR) is 101 cm³/mol. The van der Waals surface area contributed by atoms with E-state index in [0.717, 1.165) is 0 Å². The highest BCUT2D eigenvalue weighted by atomic mass is 32.1. The summed E-state index contributed by atoms with van der Waals surface area (Å²) in [6.07, 6.45) is 1.28. The van der Waals surface area contributed by atoms with E-state index in [1.807, 2.05) is 4.90 Å². The number of ether oxygens (including phenoxy) is 2. The summed E-state index contributed by atoms with van der Waals surface area (Å²) in [6.45, 7) is 2.64. The summed E-state index contributed by atoms with van der Waals surface area (Å²) in [6, 6.07) is 6.97. The van der Waals surface area contributed by atoms with Crippen LogP contribution in [0.15, 0.2) is 35.3 Å². The number of nitrogens with one attached hydrogen (secondary N) is 1. The van der Waals surface area contributed by atoms with Crippen molar-refractivity contribution >= 4 is 33.0 Å². The van der Waals surface area contributed by atoms with Gasteiger partial charge in [0.05, 0.1) is 26.0 Å². The molecular weight excluding hydrogens is 370 g/mol. The lowest BCUT2D eigenvalue weighted by Gasteiger charge is -2.25. The Morgan fingerprint density at radius 2 is 2.07 bits per heavy atom. The highest BCUT2D eigenvalue weighted by Crippen LogP contribution is 2.24. The summed E-state index contributed by atoms with van der Waals surface area (Å²) >= 11 is 1.31. The maximum absolute atomic E-state index is 12.7. The first-order valence-corrected chi connectivity index (χ1v) is 9.15. The van der Waals surface area contributed by atoms with Gasteiger partial charge in [-0.15, -0.1) is 5.10 Å². The van der Waals surface area contributed by atoms with E-state index >= 15 is 0 Å². The second-order valence-corrected chi connectivity index (χ2v) is 6.74. The Labute approximate surface area is 158 Å². The van der Waals surface area contributed by atoms with Crippen molar-refractivity contribution < 1.29 is 14.3 Å². The van der Waals surface area contributed by atoms with Gasteiger partial charge in [0.15, 0.2) is 0 Å². The standard InChI is InChI=1S/C17H17N5O4S/c1-25-13-5-3-2-4-12(13)19-14(23)11-10-18-16-22(15(11)24)20-17(27-16)21-6-8-26-9-7-21/h2-5,10H,6-9H2,1H3,(H,19,23). The van der Waals surface area contributed by atoms with E-state index in [9.17, 15) is 9.59 Å². The zero-order chi connectivity index (χ0) is 18.8. The van der Waals surface area contributed by atoms with E-state index in [2.05, 4.69) is 15.4 Å². The van der Waals surface area contributed by atoms with E-state index in [1.54, 1.807) is 24.3 Å². The lowest BCUT2D eigenvalue weighted by Crippen LogP contribution is -2.36. The predicted octanol–water partition coefficient (Wildman–Crippen LogP) is 1.25. The molecule has 0 aliphatic carbocycles. The SMILES string of the molecule is COc1ccccc1NC(=O)c1cnc2sc(N3CCOCC3)nn2c1=O. The van der Waals surface area contributed by atoms with Crippen LogP contribution in [0.4, 0.5) is 10.8 Å². The van der Waals surface area contributed by atoms with Gasteiger partial charge in [-0.2, -0.15) is 4.52 Å². The Hall–Kier alpha value is -2.98. The summed E-state index contributed by atoms with van der Waals surface area (Å²) < 4.78 is 11.7. The number of amides is 1. The highest BCUT2D eigenvalue weighted by Gasteiger charge is 2.20. The first-order valence-electron chi connectivity index (χ1n) is 8.33. The van der Waals surface area contributed by atoms with Crippen LogP contribution in [-0.2, 0) is 4.74 Å². The Balaban J connectivity index is 1.65. The molecule has 0 radical (unpaired) electrons. The molecule has 9 nitrogen and oxygen atoms in total. The van der Waals surface area contributed by atoms with Crippen LogP contribution >= 0.6 is 11.3 Å². The number of anilines is 2. The number of rotatable bonds is 4.